The van der Waals surface area contributed by atoms with Gasteiger partial charge in [-0.05, 0) is 38.5 Å². The SMILES string of the molecule is CC(=O)N(CC1CCN(C(=O)[C@H](C)N)CC1)C1CC1. The Balaban J connectivity index is 1.79. The summed E-state index contributed by atoms with van der Waals surface area (Å²) in [5.74, 6) is 0.766. The first-order valence-electron chi connectivity index (χ1n) is 7.30. The van der Waals surface area contributed by atoms with E-state index in [0.29, 0.717) is 12.0 Å². The van der Waals surface area contributed by atoms with Crippen molar-refractivity contribution in [1.29, 1.82) is 0 Å². The summed E-state index contributed by atoms with van der Waals surface area (Å²) in [5, 5.41) is 0. The molecule has 1 saturated heterocycles. The molecule has 2 rings (SSSR count). The molecule has 0 unspecified atom stereocenters. The Morgan fingerprint density at radius 3 is 2.26 bits per heavy atom. The third kappa shape index (κ3) is 3.69. The number of piperidine rings is 1. The van der Waals surface area contributed by atoms with Gasteiger partial charge in [-0.3, -0.25) is 9.59 Å². The van der Waals surface area contributed by atoms with Gasteiger partial charge >= 0.3 is 0 Å². The van der Waals surface area contributed by atoms with Crippen molar-refractivity contribution in [3.05, 3.63) is 0 Å². The molecule has 2 aliphatic rings. The van der Waals surface area contributed by atoms with Crippen LogP contribution in [0.5, 0.6) is 0 Å². The van der Waals surface area contributed by atoms with E-state index in [1.807, 2.05) is 9.80 Å². The predicted molar refractivity (Wildman–Crippen MR) is 73.4 cm³/mol. The van der Waals surface area contributed by atoms with E-state index in [2.05, 4.69) is 0 Å². The third-order valence-corrected chi connectivity index (χ3v) is 4.16. The van der Waals surface area contributed by atoms with Crippen molar-refractivity contribution in [3.8, 4) is 0 Å². The van der Waals surface area contributed by atoms with Crippen LogP contribution < -0.4 is 5.73 Å². The fourth-order valence-corrected chi connectivity index (χ4v) is 2.82. The molecule has 0 aromatic rings. The second-order valence-corrected chi connectivity index (χ2v) is 5.96. The van der Waals surface area contributed by atoms with E-state index < -0.39 is 6.04 Å². The standard InChI is InChI=1S/C14H25N3O2/c1-10(15)14(19)16-7-5-12(6-8-16)9-17(11(2)18)13-3-4-13/h10,12-13H,3-9,15H2,1-2H3/t10-/m0/s1. The number of hydrogen-bond donors (Lipinski definition) is 1. The number of nitrogens with zero attached hydrogens (tertiary/aromatic N) is 2. The molecule has 5 nitrogen and oxygen atoms in total. The minimum absolute atomic E-state index is 0.0454. The number of likely N-dealkylation sites (tertiary alicyclic amines) is 1. The van der Waals surface area contributed by atoms with Crippen LogP contribution in [0.1, 0.15) is 39.5 Å². The van der Waals surface area contributed by atoms with Gasteiger partial charge < -0.3 is 15.5 Å². The average Bonchev–Trinajstić information content (AvgIpc) is 3.19. The maximum atomic E-state index is 11.8. The number of rotatable bonds is 4. The number of nitrogens with two attached hydrogens (primary N) is 1. The molecule has 108 valence electrons. The lowest BCUT2D eigenvalue weighted by molar-refractivity contribution is -0.135. The normalized spacial score (nSPS) is 22.2. The van der Waals surface area contributed by atoms with Gasteiger partial charge in [-0.25, -0.2) is 0 Å². The summed E-state index contributed by atoms with van der Waals surface area (Å²) in [5.41, 5.74) is 5.63. The van der Waals surface area contributed by atoms with Crippen LogP contribution in [-0.2, 0) is 9.59 Å². The van der Waals surface area contributed by atoms with Crippen LogP contribution in [0.2, 0.25) is 0 Å². The quantitative estimate of drug-likeness (QED) is 0.810. The van der Waals surface area contributed by atoms with Crippen LogP contribution in [0, 0.1) is 5.92 Å². The highest BCUT2D eigenvalue weighted by atomic mass is 16.2. The van der Waals surface area contributed by atoms with Crippen LogP contribution in [-0.4, -0.2) is 53.3 Å². The Hall–Kier alpha value is -1.10. The van der Waals surface area contributed by atoms with Crippen molar-refractivity contribution >= 4 is 11.8 Å². The maximum Gasteiger partial charge on any atom is 0.239 e. The number of amides is 2. The lowest BCUT2D eigenvalue weighted by atomic mass is 9.95. The van der Waals surface area contributed by atoms with Gasteiger partial charge in [-0.15, -0.1) is 0 Å². The fraction of sp³-hybridized carbons (Fsp3) is 0.857. The van der Waals surface area contributed by atoms with Crippen molar-refractivity contribution in [2.75, 3.05) is 19.6 Å². The lowest BCUT2D eigenvalue weighted by Crippen LogP contribution is -2.47. The van der Waals surface area contributed by atoms with E-state index in [1.54, 1.807) is 13.8 Å². The first-order chi connectivity index (χ1) is 8.99. The molecule has 1 atom stereocenters. The molecule has 19 heavy (non-hydrogen) atoms. The summed E-state index contributed by atoms with van der Waals surface area (Å²) >= 11 is 0. The summed E-state index contributed by atoms with van der Waals surface area (Å²) in [6.45, 7) is 5.81. The van der Waals surface area contributed by atoms with Gasteiger partial charge in [0.05, 0.1) is 6.04 Å². The molecule has 0 radical (unpaired) electrons. The van der Waals surface area contributed by atoms with Gasteiger partial charge in [-0.1, -0.05) is 0 Å². The Morgan fingerprint density at radius 2 is 1.84 bits per heavy atom. The molecule has 1 aliphatic heterocycles. The van der Waals surface area contributed by atoms with E-state index in [1.165, 1.54) is 0 Å². The largest absolute Gasteiger partial charge is 0.341 e. The molecule has 0 spiro atoms. The van der Waals surface area contributed by atoms with Crippen molar-refractivity contribution in [3.63, 3.8) is 0 Å². The van der Waals surface area contributed by atoms with E-state index in [-0.39, 0.29) is 11.8 Å². The highest BCUT2D eigenvalue weighted by Crippen LogP contribution is 2.29. The zero-order valence-corrected chi connectivity index (χ0v) is 12.0. The Bertz CT molecular complexity index is 345. The second kappa shape index (κ2) is 5.90. The third-order valence-electron chi connectivity index (χ3n) is 4.16. The van der Waals surface area contributed by atoms with Gasteiger partial charge in [0, 0.05) is 32.6 Å². The summed E-state index contributed by atoms with van der Waals surface area (Å²) in [7, 11) is 0. The van der Waals surface area contributed by atoms with Crippen molar-refractivity contribution < 1.29 is 9.59 Å². The van der Waals surface area contributed by atoms with Gasteiger partial charge in [0.1, 0.15) is 0 Å². The lowest BCUT2D eigenvalue weighted by Gasteiger charge is -2.35. The van der Waals surface area contributed by atoms with Crippen LogP contribution in [0.4, 0.5) is 0 Å². The monoisotopic (exact) mass is 267 g/mol. The Labute approximate surface area is 115 Å². The molecule has 1 saturated carbocycles. The smallest absolute Gasteiger partial charge is 0.239 e. The molecular formula is C14H25N3O2. The average molecular weight is 267 g/mol. The second-order valence-electron chi connectivity index (χ2n) is 5.96. The van der Waals surface area contributed by atoms with Crippen molar-refractivity contribution in [2.45, 2.75) is 51.6 Å². The Morgan fingerprint density at radius 1 is 1.26 bits per heavy atom. The Kier molecular flexibility index (Phi) is 4.45. The topological polar surface area (TPSA) is 66.6 Å². The summed E-state index contributed by atoms with van der Waals surface area (Å²) in [6.07, 6.45) is 4.27. The van der Waals surface area contributed by atoms with E-state index in [9.17, 15) is 9.59 Å². The van der Waals surface area contributed by atoms with Crippen LogP contribution >= 0.6 is 0 Å². The van der Waals surface area contributed by atoms with Crippen molar-refractivity contribution in [1.82, 2.24) is 9.80 Å². The zero-order valence-electron chi connectivity index (χ0n) is 12.0. The predicted octanol–water partition coefficient (Wildman–Crippen LogP) is 0.583. The number of hydrogen-bond acceptors (Lipinski definition) is 3. The highest BCUT2D eigenvalue weighted by Gasteiger charge is 2.33. The molecule has 0 aromatic carbocycles. The fourth-order valence-electron chi connectivity index (χ4n) is 2.82. The van der Waals surface area contributed by atoms with Gasteiger partial charge in [0.25, 0.3) is 0 Å². The van der Waals surface area contributed by atoms with E-state index >= 15 is 0 Å². The van der Waals surface area contributed by atoms with Gasteiger partial charge in [-0.2, -0.15) is 0 Å². The highest BCUT2D eigenvalue weighted by molar-refractivity contribution is 5.81. The summed E-state index contributed by atoms with van der Waals surface area (Å²) in [6, 6.07) is 0.0814. The van der Waals surface area contributed by atoms with Gasteiger partial charge in [0.2, 0.25) is 11.8 Å². The van der Waals surface area contributed by atoms with Crippen molar-refractivity contribution in [2.24, 2.45) is 11.7 Å². The van der Waals surface area contributed by atoms with Crippen LogP contribution in [0.25, 0.3) is 0 Å². The molecule has 2 fully saturated rings. The zero-order chi connectivity index (χ0) is 14.0. The molecule has 5 heteroatoms. The van der Waals surface area contributed by atoms with Crippen LogP contribution in [0.15, 0.2) is 0 Å². The molecule has 1 heterocycles. The van der Waals surface area contributed by atoms with Gasteiger partial charge in [0.15, 0.2) is 0 Å². The minimum atomic E-state index is -0.406. The van der Waals surface area contributed by atoms with Crippen LogP contribution in [0.3, 0.4) is 0 Å². The van der Waals surface area contributed by atoms with E-state index in [0.717, 1.165) is 45.3 Å². The maximum absolute atomic E-state index is 11.8. The summed E-state index contributed by atoms with van der Waals surface area (Å²) < 4.78 is 0. The molecule has 2 N–H and O–H groups in total. The molecular weight excluding hydrogens is 242 g/mol. The van der Waals surface area contributed by atoms with E-state index in [4.69, 9.17) is 5.73 Å². The summed E-state index contributed by atoms with van der Waals surface area (Å²) in [4.78, 5) is 27.3. The molecule has 0 aromatic heterocycles. The first-order valence-corrected chi connectivity index (χ1v) is 7.30. The minimum Gasteiger partial charge on any atom is -0.341 e. The molecule has 0 bridgehead atoms. The first kappa shape index (κ1) is 14.3. The molecule has 1 aliphatic carbocycles. The number of carbonyl (C=O) groups is 2. The number of carbonyl (C=O) groups excluding carboxylic acids is 2. The molecule has 2 amide bonds.